The normalized spacial score (nSPS) is 27.1. The van der Waals surface area contributed by atoms with Crippen molar-refractivity contribution in [3.63, 3.8) is 0 Å². The number of nitrogens with zero attached hydrogens (tertiary/aromatic N) is 3. The molecule has 4 heterocycles. The number of likely N-dealkylation sites (N-methyl/N-ethyl adjacent to an activating group) is 1. The molecule has 0 bridgehead atoms. The second-order valence-electron chi connectivity index (χ2n) is 15.2. The number of hydrogen-bond donors (Lipinski definition) is 1. The Balaban J connectivity index is 1.19. The van der Waals surface area contributed by atoms with E-state index in [4.69, 9.17) is 4.74 Å². The van der Waals surface area contributed by atoms with Crippen molar-refractivity contribution in [3.05, 3.63) is 58.7 Å². The molecule has 3 atom stereocenters. The zero-order valence-corrected chi connectivity index (χ0v) is 28.9. The lowest BCUT2D eigenvalue weighted by Crippen LogP contribution is -2.95. The Morgan fingerprint density at radius 1 is 1.00 bits per heavy atom. The van der Waals surface area contributed by atoms with Crippen molar-refractivity contribution >= 4 is 38.8 Å². The number of ether oxygens (including phenoxy) is 1. The lowest BCUT2D eigenvalue weighted by molar-refractivity contribution is -0.273. The maximum absolute atomic E-state index is 14.6. The van der Waals surface area contributed by atoms with Crippen molar-refractivity contribution < 1.29 is 22.7 Å². The summed E-state index contributed by atoms with van der Waals surface area (Å²) in [6, 6.07) is 12.3. The van der Waals surface area contributed by atoms with E-state index in [9.17, 15) is 18.0 Å². The van der Waals surface area contributed by atoms with Crippen LogP contribution in [0.2, 0.25) is 0 Å². The first kappa shape index (κ1) is 30.4. The average molecular weight is 669 g/mol. The highest BCUT2D eigenvalue weighted by atomic mass is 32.2. The van der Waals surface area contributed by atoms with Gasteiger partial charge in [-0.15, -0.1) is 0 Å². The number of methoxy groups -OCH3 is 1. The summed E-state index contributed by atoms with van der Waals surface area (Å²) in [6.45, 7) is 3.14. The minimum absolute atomic E-state index is 0.0883. The van der Waals surface area contributed by atoms with Gasteiger partial charge >= 0.3 is 0 Å². The zero-order valence-electron chi connectivity index (χ0n) is 28.0. The highest BCUT2D eigenvalue weighted by Crippen LogP contribution is 2.60. The second-order valence-corrected chi connectivity index (χ2v) is 17.2. The number of piperazine rings is 1. The fourth-order valence-electron chi connectivity index (χ4n) is 9.98. The molecule has 9 rings (SSSR count). The standard InChI is InChI=1S/C38H44N4O5S/c1-4-37(16-17-37)48(45,46)39-35(43)24-10-12-29-30(20-24)41-21-26(36(44)42-31-14-15-38(31)32(42)22-40(38)2)18-25-19-27(47-3)11-13-28(25)34(41)33(29)23-8-6-5-7-9-23/h10-13,18-20,23,31-32H,4-9,14-17,21-22H2,1-3H3,(H,39,43). The molecule has 5 fully saturated rings. The number of carbonyl (C=O) groups is 2. The van der Waals surface area contributed by atoms with Gasteiger partial charge in [-0.3, -0.25) is 14.5 Å². The molecule has 3 unspecified atom stereocenters. The Kier molecular flexibility index (Phi) is 6.62. The van der Waals surface area contributed by atoms with Gasteiger partial charge in [0.05, 0.1) is 41.7 Å². The third-order valence-electron chi connectivity index (χ3n) is 13.1. The fraction of sp³-hybridized carbons (Fsp3) is 0.526. The van der Waals surface area contributed by atoms with Crippen molar-refractivity contribution in [2.24, 2.45) is 0 Å². The molecule has 9 nitrogen and oxygen atoms in total. The molecule has 48 heavy (non-hydrogen) atoms. The Morgan fingerprint density at radius 2 is 1.79 bits per heavy atom. The maximum Gasteiger partial charge on any atom is 0.264 e. The summed E-state index contributed by atoms with van der Waals surface area (Å²) < 4.78 is 35.9. The molecule has 3 aliphatic carbocycles. The van der Waals surface area contributed by atoms with Gasteiger partial charge in [0.15, 0.2) is 0 Å². The third kappa shape index (κ3) is 4.02. The predicted molar refractivity (Wildman–Crippen MR) is 185 cm³/mol. The van der Waals surface area contributed by atoms with E-state index in [-0.39, 0.29) is 23.5 Å². The van der Waals surface area contributed by atoms with Crippen LogP contribution < -0.4 is 9.46 Å². The summed E-state index contributed by atoms with van der Waals surface area (Å²) in [6.07, 6.45) is 11.6. The number of aromatic nitrogens is 1. The maximum atomic E-state index is 14.6. The molecule has 10 heteroatoms. The number of hydrogen-bond acceptors (Lipinski definition) is 6. The second kappa shape index (κ2) is 10.4. The quantitative estimate of drug-likeness (QED) is 0.341. The molecule has 1 aromatic heterocycles. The first-order valence-corrected chi connectivity index (χ1v) is 19.3. The Morgan fingerprint density at radius 3 is 2.44 bits per heavy atom. The number of likely N-dealkylation sites (tertiary alicyclic amines) is 2. The van der Waals surface area contributed by atoms with Crippen LogP contribution in [0.5, 0.6) is 5.75 Å². The molecule has 6 aliphatic rings. The zero-order chi connectivity index (χ0) is 33.2. The molecule has 3 saturated carbocycles. The minimum atomic E-state index is -3.80. The number of sulfonamides is 1. The molecule has 3 aliphatic heterocycles. The van der Waals surface area contributed by atoms with Crippen LogP contribution in [0, 0.1) is 0 Å². The van der Waals surface area contributed by atoms with Crippen molar-refractivity contribution in [1.82, 2.24) is 19.1 Å². The van der Waals surface area contributed by atoms with Gasteiger partial charge in [-0.1, -0.05) is 32.3 Å². The van der Waals surface area contributed by atoms with E-state index in [1.165, 1.54) is 24.8 Å². The molecule has 2 amide bonds. The van der Waals surface area contributed by atoms with Gasteiger partial charge in [-0.2, -0.15) is 0 Å². The molecule has 2 saturated heterocycles. The predicted octanol–water partition coefficient (Wildman–Crippen LogP) is 5.82. The van der Waals surface area contributed by atoms with Crippen LogP contribution in [0.3, 0.4) is 0 Å². The van der Waals surface area contributed by atoms with E-state index in [1.807, 2.05) is 31.2 Å². The van der Waals surface area contributed by atoms with Gasteiger partial charge in [0.25, 0.3) is 11.8 Å². The monoisotopic (exact) mass is 668 g/mol. The first-order valence-electron chi connectivity index (χ1n) is 17.8. The number of amides is 2. The van der Waals surface area contributed by atoms with Crippen molar-refractivity contribution in [2.45, 2.75) is 106 Å². The van der Waals surface area contributed by atoms with E-state index in [1.54, 1.807) is 13.2 Å². The summed E-state index contributed by atoms with van der Waals surface area (Å²) in [5.41, 5.74) is 6.43. The number of piperidine rings is 1. The van der Waals surface area contributed by atoms with E-state index >= 15 is 0 Å². The van der Waals surface area contributed by atoms with E-state index in [0.29, 0.717) is 37.3 Å². The van der Waals surface area contributed by atoms with Crippen LogP contribution in [-0.4, -0.2) is 77.7 Å². The van der Waals surface area contributed by atoms with Gasteiger partial charge in [0.2, 0.25) is 10.0 Å². The van der Waals surface area contributed by atoms with Gasteiger partial charge < -0.3 is 14.2 Å². The van der Waals surface area contributed by atoms with Crippen LogP contribution in [0.25, 0.3) is 28.2 Å². The molecular formula is C38H44N4O5S. The Labute approximate surface area is 282 Å². The van der Waals surface area contributed by atoms with Gasteiger partial charge in [-0.25, -0.2) is 13.1 Å². The van der Waals surface area contributed by atoms with E-state index in [2.05, 4.69) is 38.3 Å². The molecular weight excluding hydrogens is 625 g/mol. The molecule has 1 N–H and O–H groups in total. The number of fused-ring (bicyclic) bond motifs is 5. The summed E-state index contributed by atoms with van der Waals surface area (Å²) in [7, 11) is 0.0411. The highest BCUT2D eigenvalue weighted by molar-refractivity contribution is 7.91. The molecule has 252 valence electrons. The number of benzene rings is 2. The van der Waals surface area contributed by atoms with Crippen molar-refractivity contribution in [3.8, 4) is 17.0 Å². The number of rotatable bonds is 7. The summed E-state index contributed by atoms with van der Waals surface area (Å²) in [5.74, 6) is 0.572. The third-order valence-corrected chi connectivity index (χ3v) is 15.4. The molecule has 3 aromatic rings. The number of carbonyl (C=O) groups excluding carboxylic acids is 2. The van der Waals surface area contributed by atoms with Gasteiger partial charge in [0.1, 0.15) is 5.75 Å². The topological polar surface area (TPSA) is 101 Å². The highest BCUT2D eigenvalue weighted by Gasteiger charge is 2.75. The van der Waals surface area contributed by atoms with Gasteiger partial charge in [0, 0.05) is 34.1 Å². The van der Waals surface area contributed by atoms with Crippen LogP contribution >= 0.6 is 0 Å². The summed E-state index contributed by atoms with van der Waals surface area (Å²) in [5, 5.41) is 1.07. The summed E-state index contributed by atoms with van der Waals surface area (Å²) >= 11 is 0. The van der Waals surface area contributed by atoms with Crippen molar-refractivity contribution in [1.29, 1.82) is 0 Å². The molecule has 1 spiro atoms. The first-order chi connectivity index (χ1) is 23.1. The fourth-order valence-corrected chi connectivity index (χ4v) is 11.6. The molecule has 0 radical (unpaired) electrons. The lowest BCUT2D eigenvalue weighted by atomic mass is 9.52. The summed E-state index contributed by atoms with van der Waals surface area (Å²) in [4.78, 5) is 32.7. The van der Waals surface area contributed by atoms with Crippen LogP contribution in [0.1, 0.15) is 98.5 Å². The minimum Gasteiger partial charge on any atom is -0.497 e. The van der Waals surface area contributed by atoms with Crippen LogP contribution in [-0.2, 0) is 21.4 Å². The molecule has 2 aromatic carbocycles. The van der Waals surface area contributed by atoms with E-state index < -0.39 is 20.7 Å². The number of nitrogens with one attached hydrogen (secondary N) is 1. The van der Waals surface area contributed by atoms with Crippen molar-refractivity contribution in [2.75, 3.05) is 20.7 Å². The van der Waals surface area contributed by atoms with E-state index in [0.717, 1.165) is 71.3 Å². The largest absolute Gasteiger partial charge is 0.497 e. The van der Waals surface area contributed by atoms with Gasteiger partial charge in [-0.05, 0) is 105 Å². The SMILES string of the molecule is CCC1(S(=O)(=O)NC(=O)c2ccc3c(C4CCCCC4)c4n(c3c2)CC(C(=O)N2C3CCC35C2CN5C)=Cc2cc(OC)ccc2-4)CC1. The smallest absolute Gasteiger partial charge is 0.264 e. The average Bonchev–Trinajstić information content (AvgIpc) is 3.85. The van der Waals surface area contributed by atoms with Crippen LogP contribution in [0.15, 0.2) is 42.0 Å². The Hall–Kier alpha value is -3.63. The lowest BCUT2D eigenvalue weighted by Gasteiger charge is -2.80. The van der Waals surface area contributed by atoms with Crippen LogP contribution in [0.4, 0.5) is 0 Å². The Bertz CT molecular complexity index is 2030.